The number of aryl methyl sites for hydroxylation is 1. The van der Waals surface area contributed by atoms with Gasteiger partial charge in [0, 0.05) is 0 Å². The lowest BCUT2D eigenvalue weighted by Gasteiger charge is -2.22. The Morgan fingerprint density at radius 3 is 2.28 bits per heavy atom. The SMILES string of the molecule is Cc1ccc(CC(=O)/N=C(\CCCN)C(=O)NC(C)(C)C(N)=O)cc1. The average molecular weight is 346 g/mol. The van der Waals surface area contributed by atoms with Crippen LogP contribution in [-0.4, -0.2) is 35.5 Å². The van der Waals surface area contributed by atoms with E-state index < -0.39 is 23.3 Å². The van der Waals surface area contributed by atoms with Gasteiger partial charge in [0.15, 0.2) is 0 Å². The molecule has 25 heavy (non-hydrogen) atoms. The number of aliphatic imine (C=N–C) groups is 1. The number of hydrogen-bond acceptors (Lipinski definition) is 4. The van der Waals surface area contributed by atoms with Crippen LogP contribution in [0.5, 0.6) is 0 Å². The van der Waals surface area contributed by atoms with Crippen LogP contribution in [0.3, 0.4) is 0 Å². The number of amides is 3. The van der Waals surface area contributed by atoms with Crippen molar-refractivity contribution in [3.05, 3.63) is 35.4 Å². The molecule has 5 N–H and O–H groups in total. The second-order valence-corrected chi connectivity index (χ2v) is 6.45. The third-order valence-corrected chi connectivity index (χ3v) is 3.66. The predicted molar refractivity (Wildman–Crippen MR) is 97.0 cm³/mol. The summed E-state index contributed by atoms with van der Waals surface area (Å²) < 4.78 is 0. The Bertz CT molecular complexity index is 663. The maximum atomic E-state index is 12.4. The van der Waals surface area contributed by atoms with Crippen LogP contribution in [0.15, 0.2) is 29.3 Å². The quantitative estimate of drug-likeness (QED) is 0.596. The highest BCUT2D eigenvalue weighted by Crippen LogP contribution is 2.06. The van der Waals surface area contributed by atoms with Crippen molar-refractivity contribution in [2.45, 2.75) is 45.6 Å². The van der Waals surface area contributed by atoms with Crippen LogP contribution in [0.1, 0.15) is 37.8 Å². The summed E-state index contributed by atoms with van der Waals surface area (Å²) in [4.78, 5) is 39.8. The van der Waals surface area contributed by atoms with Gasteiger partial charge in [-0.3, -0.25) is 14.4 Å². The summed E-state index contributed by atoms with van der Waals surface area (Å²) in [7, 11) is 0. The summed E-state index contributed by atoms with van der Waals surface area (Å²) in [5.74, 6) is -1.69. The molecule has 0 saturated carbocycles. The molecule has 0 radical (unpaired) electrons. The number of primary amides is 1. The Hall–Kier alpha value is -2.54. The number of nitrogens with two attached hydrogens (primary N) is 2. The van der Waals surface area contributed by atoms with Crippen molar-refractivity contribution < 1.29 is 14.4 Å². The summed E-state index contributed by atoms with van der Waals surface area (Å²) in [5.41, 5.74) is 11.5. The van der Waals surface area contributed by atoms with E-state index in [1.165, 1.54) is 13.8 Å². The molecule has 0 fully saturated rings. The molecule has 0 heterocycles. The summed E-state index contributed by atoms with van der Waals surface area (Å²) in [6, 6.07) is 7.50. The molecule has 1 rings (SSSR count). The zero-order valence-electron chi connectivity index (χ0n) is 15.0. The number of nitrogens with zero attached hydrogens (tertiary/aromatic N) is 1. The minimum Gasteiger partial charge on any atom is -0.368 e. The predicted octanol–water partition coefficient (Wildman–Crippen LogP) is 0.624. The van der Waals surface area contributed by atoms with Crippen LogP contribution >= 0.6 is 0 Å². The smallest absolute Gasteiger partial charge is 0.266 e. The van der Waals surface area contributed by atoms with E-state index in [0.29, 0.717) is 13.0 Å². The summed E-state index contributed by atoms with van der Waals surface area (Å²) >= 11 is 0. The van der Waals surface area contributed by atoms with Crippen molar-refractivity contribution in [1.82, 2.24) is 5.32 Å². The van der Waals surface area contributed by atoms with Gasteiger partial charge in [0.05, 0.1) is 6.42 Å². The Morgan fingerprint density at radius 2 is 1.76 bits per heavy atom. The van der Waals surface area contributed by atoms with Gasteiger partial charge in [-0.15, -0.1) is 0 Å². The molecule has 0 unspecified atom stereocenters. The van der Waals surface area contributed by atoms with Gasteiger partial charge in [-0.25, -0.2) is 4.99 Å². The number of nitrogens with one attached hydrogen (secondary N) is 1. The molecular formula is C18H26N4O3. The van der Waals surface area contributed by atoms with Crippen molar-refractivity contribution in [3.63, 3.8) is 0 Å². The third-order valence-electron chi connectivity index (χ3n) is 3.66. The van der Waals surface area contributed by atoms with Crippen LogP contribution in [-0.2, 0) is 20.8 Å². The molecule has 0 atom stereocenters. The minimum atomic E-state index is -1.24. The van der Waals surface area contributed by atoms with Crippen molar-refractivity contribution in [3.8, 4) is 0 Å². The maximum absolute atomic E-state index is 12.4. The van der Waals surface area contributed by atoms with Crippen LogP contribution < -0.4 is 16.8 Å². The number of benzene rings is 1. The molecule has 0 aliphatic carbocycles. The van der Waals surface area contributed by atoms with Crippen molar-refractivity contribution in [2.24, 2.45) is 16.5 Å². The fourth-order valence-electron chi connectivity index (χ4n) is 1.98. The van der Waals surface area contributed by atoms with Crippen molar-refractivity contribution >= 4 is 23.4 Å². The zero-order chi connectivity index (χ0) is 19.0. The molecule has 0 saturated heterocycles. The topological polar surface area (TPSA) is 128 Å². The first-order chi connectivity index (χ1) is 11.7. The van der Waals surface area contributed by atoms with Gasteiger partial charge in [-0.05, 0) is 45.7 Å². The van der Waals surface area contributed by atoms with Gasteiger partial charge in [0.25, 0.3) is 11.8 Å². The molecule has 0 aliphatic heterocycles. The van der Waals surface area contributed by atoms with Gasteiger partial charge >= 0.3 is 0 Å². The van der Waals surface area contributed by atoms with Gasteiger partial charge in [0.1, 0.15) is 11.3 Å². The van der Waals surface area contributed by atoms with Gasteiger partial charge in [-0.1, -0.05) is 29.8 Å². The molecule has 0 spiro atoms. The van der Waals surface area contributed by atoms with E-state index in [9.17, 15) is 14.4 Å². The number of rotatable bonds is 8. The fraction of sp³-hybridized carbons (Fsp3) is 0.444. The number of carbonyl (C=O) groups is 3. The van der Waals surface area contributed by atoms with Gasteiger partial charge < -0.3 is 16.8 Å². The van der Waals surface area contributed by atoms with E-state index >= 15 is 0 Å². The second kappa shape index (κ2) is 9.08. The van der Waals surface area contributed by atoms with E-state index in [1.807, 2.05) is 31.2 Å². The Labute approximate surface area is 147 Å². The molecule has 0 bridgehead atoms. The lowest BCUT2D eigenvalue weighted by Crippen LogP contribution is -2.54. The van der Waals surface area contributed by atoms with E-state index in [-0.39, 0.29) is 18.6 Å². The fourth-order valence-corrected chi connectivity index (χ4v) is 1.98. The highest BCUT2D eigenvalue weighted by Gasteiger charge is 2.28. The molecular weight excluding hydrogens is 320 g/mol. The van der Waals surface area contributed by atoms with E-state index in [0.717, 1.165) is 11.1 Å². The first kappa shape index (κ1) is 20.5. The van der Waals surface area contributed by atoms with Crippen LogP contribution in [0.25, 0.3) is 0 Å². The summed E-state index contributed by atoms with van der Waals surface area (Å²) in [6.07, 6.45) is 0.844. The molecule has 1 aromatic rings. The van der Waals surface area contributed by atoms with Crippen LogP contribution in [0.4, 0.5) is 0 Å². The molecule has 136 valence electrons. The van der Waals surface area contributed by atoms with E-state index in [2.05, 4.69) is 10.3 Å². The monoisotopic (exact) mass is 346 g/mol. The summed E-state index contributed by atoms with van der Waals surface area (Å²) in [6.45, 7) is 5.29. The molecule has 0 aliphatic rings. The maximum Gasteiger partial charge on any atom is 0.266 e. The molecule has 1 aromatic carbocycles. The first-order valence-corrected chi connectivity index (χ1v) is 8.14. The van der Waals surface area contributed by atoms with Crippen LogP contribution in [0, 0.1) is 6.92 Å². The molecule has 3 amide bonds. The summed E-state index contributed by atoms with van der Waals surface area (Å²) in [5, 5.41) is 2.50. The minimum absolute atomic E-state index is 0.0527. The highest BCUT2D eigenvalue weighted by atomic mass is 16.2. The number of carbonyl (C=O) groups excluding carboxylic acids is 3. The number of hydrogen-bond donors (Lipinski definition) is 3. The lowest BCUT2D eigenvalue weighted by molar-refractivity contribution is -0.127. The van der Waals surface area contributed by atoms with Crippen LogP contribution in [0.2, 0.25) is 0 Å². The van der Waals surface area contributed by atoms with Crippen molar-refractivity contribution in [1.29, 1.82) is 0 Å². The third kappa shape index (κ3) is 6.84. The highest BCUT2D eigenvalue weighted by molar-refractivity contribution is 6.40. The Kier molecular flexibility index (Phi) is 7.44. The first-order valence-electron chi connectivity index (χ1n) is 8.14. The average Bonchev–Trinajstić information content (AvgIpc) is 2.53. The van der Waals surface area contributed by atoms with E-state index in [1.54, 1.807) is 0 Å². The van der Waals surface area contributed by atoms with Crippen molar-refractivity contribution in [2.75, 3.05) is 6.54 Å². The zero-order valence-corrected chi connectivity index (χ0v) is 15.0. The molecule has 7 heteroatoms. The molecule has 0 aromatic heterocycles. The largest absolute Gasteiger partial charge is 0.368 e. The Balaban J connectivity index is 2.90. The molecule has 7 nitrogen and oxygen atoms in total. The van der Waals surface area contributed by atoms with E-state index in [4.69, 9.17) is 11.5 Å². The van der Waals surface area contributed by atoms with Gasteiger partial charge in [0.2, 0.25) is 5.91 Å². The standard InChI is InChI=1S/C18H26N4O3/c1-12-6-8-13(9-7-12)11-15(23)21-14(5-4-10-19)16(24)22-18(2,3)17(20)25/h6-9H,4-5,10-11,19H2,1-3H3,(H2,20,25)(H,22,24)/b21-14+. The second-order valence-electron chi connectivity index (χ2n) is 6.45. The normalized spacial score (nSPS) is 11.9. The lowest BCUT2D eigenvalue weighted by atomic mass is 10.0. The van der Waals surface area contributed by atoms with Gasteiger partial charge in [-0.2, -0.15) is 0 Å². The Morgan fingerprint density at radius 1 is 1.16 bits per heavy atom.